The van der Waals surface area contributed by atoms with Gasteiger partial charge in [0.15, 0.2) is 0 Å². The summed E-state index contributed by atoms with van der Waals surface area (Å²) >= 11 is 0. The standard InChI is InChI=1S/C11H22N2O2/c1-9(2)11(3,15)8-10(14)13-6-4-12-5-7-13/h9,12,15H,4-8H2,1-3H3. The smallest absolute Gasteiger partial charge is 0.225 e. The fourth-order valence-corrected chi connectivity index (χ4v) is 1.54. The number of rotatable bonds is 3. The van der Waals surface area contributed by atoms with E-state index in [0.717, 1.165) is 26.2 Å². The first-order valence-corrected chi connectivity index (χ1v) is 5.64. The van der Waals surface area contributed by atoms with Gasteiger partial charge in [0.25, 0.3) is 0 Å². The minimum Gasteiger partial charge on any atom is -0.389 e. The summed E-state index contributed by atoms with van der Waals surface area (Å²) in [6.45, 7) is 8.83. The maximum atomic E-state index is 11.9. The number of hydrogen-bond acceptors (Lipinski definition) is 3. The highest BCUT2D eigenvalue weighted by atomic mass is 16.3. The van der Waals surface area contributed by atoms with Gasteiger partial charge in [0.05, 0.1) is 12.0 Å². The van der Waals surface area contributed by atoms with Crippen molar-refractivity contribution in [3.63, 3.8) is 0 Å². The minimum atomic E-state index is -0.887. The van der Waals surface area contributed by atoms with Crippen LogP contribution < -0.4 is 5.32 Å². The van der Waals surface area contributed by atoms with Crippen LogP contribution in [0.15, 0.2) is 0 Å². The number of piperazine rings is 1. The van der Waals surface area contributed by atoms with E-state index in [1.165, 1.54) is 0 Å². The van der Waals surface area contributed by atoms with Gasteiger partial charge < -0.3 is 15.3 Å². The summed E-state index contributed by atoms with van der Waals surface area (Å²) in [6.07, 6.45) is 0.227. The van der Waals surface area contributed by atoms with E-state index >= 15 is 0 Å². The van der Waals surface area contributed by atoms with Gasteiger partial charge in [0.1, 0.15) is 0 Å². The zero-order valence-electron chi connectivity index (χ0n) is 9.92. The van der Waals surface area contributed by atoms with Gasteiger partial charge in [-0.2, -0.15) is 0 Å². The predicted molar refractivity (Wildman–Crippen MR) is 59.5 cm³/mol. The van der Waals surface area contributed by atoms with Gasteiger partial charge in [0, 0.05) is 26.2 Å². The number of nitrogens with zero attached hydrogens (tertiary/aromatic N) is 1. The molecule has 0 radical (unpaired) electrons. The third-order valence-corrected chi connectivity index (χ3v) is 3.22. The number of carbonyl (C=O) groups is 1. The maximum absolute atomic E-state index is 11.9. The normalized spacial score (nSPS) is 21.5. The molecule has 1 heterocycles. The zero-order valence-corrected chi connectivity index (χ0v) is 9.92. The molecule has 1 saturated heterocycles. The van der Waals surface area contributed by atoms with Crippen LogP contribution in [-0.2, 0) is 4.79 Å². The average molecular weight is 214 g/mol. The number of nitrogens with one attached hydrogen (secondary N) is 1. The lowest BCUT2D eigenvalue weighted by molar-refractivity contribution is -0.138. The first kappa shape index (κ1) is 12.5. The van der Waals surface area contributed by atoms with Crippen LogP contribution in [0.25, 0.3) is 0 Å². The Bertz CT molecular complexity index is 221. The molecule has 1 fully saturated rings. The summed E-state index contributed by atoms with van der Waals surface area (Å²) in [4.78, 5) is 13.7. The third-order valence-electron chi connectivity index (χ3n) is 3.22. The van der Waals surface area contributed by atoms with Crippen molar-refractivity contribution in [1.29, 1.82) is 0 Å². The number of aliphatic hydroxyl groups is 1. The van der Waals surface area contributed by atoms with Crippen LogP contribution in [0.3, 0.4) is 0 Å². The Labute approximate surface area is 91.6 Å². The summed E-state index contributed by atoms with van der Waals surface area (Å²) in [5.41, 5.74) is -0.887. The van der Waals surface area contributed by atoms with Crippen LogP contribution in [0.5, 0.6) is 0 Å². The minimum absolute atomic E-state index is 0.0650. The number of carbonyl (C=O) groups excluding carboxylic acids is 1. The van der Waals surface area contributed by atoms with Crippen molar-refractivity contribution in [3.05, 3.63) is 0 Å². The Hall–Kier alpha value is -0.610. The second kappa shape index (κ2) is 4.94. The van der Waals surface area contributed by atoms with Crippen molar-refractivity contribution in [2.24, 2.45) is 5.92 Å². The Morgan fingerprint density at radius 3 is 2.47 bits per heavy atom. The molecule has 0 aliphatic carbocycles. The summed E-state index contributed by atoms with van der Waals surface area (Å²) < 4.78 is 0. The van der Waals surface area contributed by atoms with Gasteiger partial charge in [-0.1, -0.05) is 13.8 Å². The van der Waals surface area contributed by atoms with Crippen LogP contribution in [0.2, 0.25) is 0 Å². The molecule has 2 N–H and O–H groups in total. The molecule has 0 saturated carbocycles. The quantitative estimate of drug-likeness (QED) is 0.706. The van der Waals surface area contributed by atoms with Crippen LogP contribution in [-0.4, -0.2) is 47.7 Å². The van der Waals surface area contributed by atoms with Gasteiger partial charge in [-0.05, 0) is 12.8 Å². The average Bonchev–Trinajstić information content (AvgIpc) is 2.18. The Balaban J connectivity index is 2.47. The Kier molecular flexibility index (Phi) is 4.11. The van der Waals surface area contributed by atoms with Crippen molar-refractivity contribution < 1.29 is 9.90 Å². The highest BCUT2D eigenvalue weighted by Gasteiger charge is 2.30. The number of amides is 1. The first-order valence-electron chi connectivity index (χ1n) is 5.64. The van der Waals surface area contributed by atoms with E-state index in [0.29, 0.717) is 0 Å². The highest BCUT2D eigenvalue weighted by molar-refractivity contribution is 5.77. The predicted octanol–water partition coefficient (Wildman–Crippen LogP) is 0.215. The van der Waals surface area contributed by atoms with E-state index in [-0.39, 0.29) is 18.2 Å². The van der Waals surface area contributed by atoms with Gasteiger partial charge in [0.2, 0.25) is 5.91 Å². The molecule has 1 rings (SSSR count). The molecule has 0 spiro atoms. The molecule has 1 aliphatic heterocycles. The number of hydrogen-bond donors (Lipinski definition) is 2. The van der Waals surface area contributed by atoms with E-state index in [4.69, 9.17) is 0 Å². The summed E-state index contributed by atoms with van der Waals surface area (Å²) in [5, 5.41) is 13.2. The summed E-state index contributed by atoms with van der Waals surface area (Å²) in [5.74, 6) is 0.166. The zero-order chi connectivity index (χ0) is 11.5. The fraction of sp³-hybridized carbons (Fsp3) is 0.909. The van der Waals surface area contributed by atoms with E-state index in [1.54, 1.807) is 6.92 Å². The van der Waals surface area contributed by atoms with E-state index < -0.39 is 5.60 Å². The van der Waals surface area contributed by atoms with Gasteiger partial charge >= 0.3 is 0 Å². The molecule has 0 aromatic carbocycles. The van der Waals surface area contributed by atoms with Crippen molar-refractivity contribution in [2.75, 3.05) is 26.2 Å². The van der Waals surface area contributed by atoms with Crippen molar-refractivity contribution in [1.82, 2.24) is 10.2 Å². The van der Waals surface area contributed by atoms with Crippen LogP contribution >= 0.6 is 0 Å². The van der Waals surface area contributed by atoms with E-state index in [9.17, 15) is 9.90 Å². The van der Waals surface area contributed by atoms with E-state index in [1.807, 2.05) is 18.7 Å². The highest BCUT2D eigenvalue weighted by Crippen LogP contribution is 2.21. The molecule has 1 unspecified atom stereocenters. The molecule has 88 valence electrons. The molecule has 4 heteroatoms. The van der Waals surface area contributed by atoms with Crippen molar-refractivity contribution in [3.8, 4) is 0 Å². The fourth-order valence-electron chi connectivity index (χ4n) is 1.54. The molecule has 1 atom stereocenters. The molecule has 0 bridgehead atoms. The SMILES string of the molecule is CC(C)C(C)(O)CC(=O)N1CCNCC1. The van der Waals surface area contributed by atoms with Crippen LogP contribution in [0.1, 0.15) is 27.2 Å². The molecular formula is C11H22N2O2. The second-order valence-corrected chi connectivity index (χ2v) is 4.82. The maximum Gasteiger partial charge on any atom is 0.225 e. The Morgan fingerprint density at radius 1 is 1.47 bits per heavy atom. The Morgan fingerprint density at radius 2 is 2.00 bits per heavy atom. The molecule has 4 nitrogen and oxygen atoms in total. The van der Waals surface area contributed by atoms with Gasteiger partial charge in [-0.25, -0.2) is 0 Å². The molecular weight excluding hydrogens is 192 g/mol. The molecule has 0 aromatic rings. The van der Waals surface area contributed by atoms with E-state index in [2.05, 4.69) is 5.32 Å². The third kappa shape index (κ3) is 3.47. The second-order valence-electron chi connectivity index (χ2n) is 4.82. The first-order chi connectivity index (χ1) is 6.93. The van der Waals surface area contributed by atoms with Crippen LogP contribution in [0, 0.1) is 5.92 Å². The molecule has 15 heavy (non-hydrogen) atoms. The summed E-state index contributed by atoms with van der Waals surface area (Å²) in [6, 6.07) is 0. The molecule has 0 aromatic heterocycles. The molecule has 1 amide bonds. The van der Waals surface area contributed by atoms with Gasteiger partial charge in [-0.15, -0.1) is 0 Å². The lowest BCUT2D eigenvalue weighted by Crippen LogP contribution is -2.49. The van der Waals surface area contributed by atoms with Gasteiger partial charge in [-0.3, -0.25) is 4.79 Å². The van der Waals surface area contributed by atoms with Crippen LogP contribution in [0.4, 0.5) is 0 Å². The lowest BCUT2D eigenvalue weighted by Gasteiger charge is -2.32. The largest absolute Gasteiger partial charge is 0.389 e. The topological polar surface area (TPSA) is 52.6 Å². The van der Waals surface area contributed by atoms with Crippen molar-refractivity contribution in [2.45, 2.75) is 32.8 Å². The summed E-state index contributed by atoms with van der Waals surface area (Å²) in [7, 11) is 0. The van der Waals surface area contributed by atoms with Crippen molar-refractivity contribution >= 4 is 5.91 Å². The monoisotopic (exact) mass is 214 g/mol. The molecule has 1 aliphatic rings. The lowest BCUT2D eigenvalue weighted by atomic mass is 9.88.